The number of hydrogen-bond acceptors (Lipinski definition) is 2. The normalized spacial score (nSPS) is 21.5. The lowest BCUT2D eigenvalue weighted by Gasteiger charge is -2.36. The fraction of sp³-hybridized carbons (Fsp3) is 0.714. The molecule has 0 radical (unpaired) electrons. The van der Waals surface area contributed by atoms with E-state index in [1.54, 1.807) is 11.3 Å². The average molecular weight is 237 g/mol. The lowest BCUT2D eigenvalue weighted by Crippen LogP contribution is -2.33. The fourth-order valence-electron chi connectivity index (χ4n) is 3.34. The van der Waals surface area contributed by atoms with Gasteiger partial charge in [0.25, 0.3) is 0 Å². The molecule has 1 aromatic rings. The van der Waals surface area contributed by atoms with Crippen molar-refractivity contribution in [3.05, 3.63) is 22.4 Å². The van der Waals surface area contributed by atoms with Gasteiger partial charge in [-0.2, -0.15) is 11.3 Å². The van der Waals surface area contributed by atoms with E-state index in [4.69, 9.17) is 5.73 Å². The highest BCUT2D eigenvalue weighted by Crippen LogP contribution is 2.50. The minimum Gasteiger partial charge on any atom is -0.323 e. The van der Waals surface area contributed by atoms with Crippen molar-refractivity contribution in [2.24, 2.45) is 17.1 Å². The highest BCUT2D eigenvalue weighted by molar-refractivity contribution is 7.07. The van der Waals surface area contributed by atoms with Crippen LogP contribution in [0.15, 0.2) is 16.8 Å². The summed E-state index contributed by atoms with van der Waals surface area (Å²) in [5, 5.41) is 4.37. The molecule has 0 saturated heterocycles. The van der Waals surface area contributed by atoms with E-state index in [1.165, 1.54) is 37.7 Å². The standard InChI is InChI=1S/C14H23NS/c1-11(2)9-14(6-3-4-7-14)13(15)12-5-8-16-10-12/h5,8,10-11,13H,3-4,6-7,9,15H2,1-2H3. The van der Waals surface area contributed by atoms with Gasteiger partial charge in [0, 0.05) is 6.04 Å². The molecule has 1 aliphatic rings. The molecule has 1 unspecified atom stereocenters. The Balaban J connectivity index is 2.18. The van der Waals surface area contributed by atoms with Crippen molar-refractivity contribution in [2.45, 2.75) is 52.0 Å². The first-order chi connectivity index (χ1) is 7.64. The SMILES string of the molecule is CC(C)CC1(C(N)c2ccsc2)CCCC1. The molecular formula is C14H23NS. The van der Waals surface area contributed by atoms with Crippen molar-refractivity contribution in [1.29, 1.82) is 0 Å². The molecule has 0 spiro atoms. The van der Waals surface area contributed by atoms with Crippen molar-refractivity contribution >= 4 is 11.3 Å². The van der Waals surface area contributed by atoms with Crippen molar-refractivity contribution in [3.63, 3.8) is 0 Å². The zero-order valence-corrected chi connectivity index (χ0v) is 11.2. The summed E-state index contributed by atoms with van der Waals surface area (Å²) in [7, 11) is 0. The van der Waals surface area contributed by atoms with Gasteiger partial charge in [-0.1, -0.05) is 26.7 Å². The minimum atomic E-state index is 0.253. The predicted octanol–water partition coefficient (Wildman–Crippen LogP) is 4.35. The molecule has 1 atom stereocenters. The Morgan fingerprint density at radius 3 is 2.56 bits per heavy atom. The molecule has 0 aromatic carbocycles. The Kier molecular flexibility index (Phi) is 3.70. The third-order valence-corrected chi connectivity index (χ3v) is 4.68. The van der Waals surface area contributed by atoms with Gasteiger partial charge in [0.05, 0.1) is 0 Å². The molecule has 1 nitrogen and oxygen atoms in total. The summed E-state index contributed by atoms with van der Waals surface area (Å²) in [6.45, 7) is 4.64. The van der Waals surface area contributed by atoms with Gasteiger partial charge in [0.2, 0.25) is 0 Å². The van der Waals surface area contributed by atoms with Crippen LogP contribution in [0.2, 0.25) is 0 Å². The van der Waals surface area contributed by atoms with Crippen LogP contribution in [0.4, 0.5) is 0 Å². The molecule has 2 heteroatoms. The Morgan fingerprint density at radius 1 is 1.38 bits per heavy atom. The Hall–Kier alpha value is -0.340. The second kappa shape index (κ2) is 4.89. The van der Waals surface area contributed by atoms with Crippen molar-refractivity contribution in [3.8, 4) is 0 Å². The summed E-state index contributed by atoms with van der Waals surface area (Å²) in [4.78, 5) is 0. The predicted molar refractivity (Wildman–Crippen MR) is 71.6 cm³/mol. The van der Waals surface area contributed by atoms with E-state index < -0.39 is 0 Å². The van der Waals surface area contributed by atoms with E-state index >= 15 is 0 Å². The summed E-state index contributed by atoms with van der Waals surface area (Å²) in [5.74, 6) is 0.753. The topological polar surface area (TPSA) is 26.0 Å². The minimum absolute atomic E-state index is 0.253. The van der Waals surface area contributed by atoms with E-state index in [0.29, 0.717) is 5.41 Å². The molecule has 16 heavy (non-hydrogen) atoms. The molecule has 1 saturated carbocycles. The summed E-state index contributed by atoms with van der Waals surface area (Å²) >= 11 is 1.76. The maximum Gasteiger partial charge on any atom is 0.0360 e. The lowest BCUT2D eigenvalue weighted by atomic mass is 9.71. The van der Waals surface area contributed by atoms with Crippen molar-refractivity contribution in [2.75, 3.05) is 0 Å². The second-order valence-corrected chi connectivity index (χ2v) is 6.48. The maximum atomic E-state index is 6.53. The van der Waals surface area contributed by atoms with Crippen LogP contribution in [0.5, 0.6) is 0 Å². The van der Waals surface area contributed by atoms with Crippen LogP contribution in [0.25, 0.3) is 0 Å². The van der Waals surface area contributed by atoms with Crippen LogP contribution in [0.3, 0.4) is 0 Å². The lowest BCUT2D eigenvalue weighted by molar-refractivity contribution is 0.184. The number of nitrogens with two attached hydrogens (primary N) is 1. The number of rotatable bonds is 4. The zero-order valence-electron chi connectivity index (χ0n) is 10.4. The molecule has 2 N–H and O–H groups in total. The van der Waals surface area contributed by atoms with Crippen molar-refractivity contribution < 1.29 is 0 Å². The molecule has 1 aromatic heterocycles. The van der Waals surface area contributed by atoms with E-state index in [0.717, 1.165) is 5.92 Å². The fourth-order valence-corrected chi connectivity index (χ4v) is 4.04. The highest BCUT2D eigenvalue weighted by Gasteiger charge is 2.40. The molecule has 0 aliphatic heterocycles. The molecule has 1 heterocycles. The van der Waals surface area contributed by atoms with Crippen LogP contribution in [0.1, 0.15) is 57.6 Å². The Labute approximate surface area is 103 Å². The first-order valence-corrected chi connectivity index (χ1v) is 7.36. The largest absolute Gasteiger partial charge is 0.323 e. The van der Waals surface area contributed by atoms with Gasteiger partial charge in [0.1, 0.15) is 0 Å². The van der Waals surface area contributed by atoms with Crippen LogP contribution >= 0.6 is 11.3 Å². The van der Waals surface area contributed by atoms with E-state index in [-0.39, 0.29) is 6.04 Å². The zero-order chi connectivity index (χ0) is 11.6. The van der Waals surface area contributed by atoms with Gasteiger partial charge in [-0.25, -0.2) is 0 Å². The van der Waals surface area contributed by atoms with Crippen LogP contribution in [-0.4, -0.2) is 0 Å². The Bertz CT molecular complexity index is 309. The van der Waals surface area contributed by atoms with Gasteiger partial charge in [-0.15, -0.1) is 0 Å². The smallest absolute Gasteiger partial charge is 0.0360 e. The quantitative estimate of drug-likeness (QED) is 0.827. The third-order valence-electron chi connectivity index (χ3n) is 3.98. The Morgan fingerprint density at radius 2 is 2.06 bits per heavy atom. The third kappa shape index (κ3) is 2.33. The summed E-state index contributed by atoms with van der Waals surface area (Å²) in [6, 6.07) is 2.46. The summed E-state index contributed by atoms with van der Waals surface area (Å²) in [6.07, 6.45) is 6.66. The average Bonchev–Trinajstić information content (AvgIpc) is 2.85. The van der Waals surface area contributed by atoms with Crippen LogP contribution in [0, 0.1) is 11.3 Å². The number of hydrogen-bond donors (Lipinski definition) is 1. The first-order valence-electron chi connectivity index (χ1n) is 6.42. The summed E-state index contributed by atoms with van der Waals surface area (Å²) in [5.41, 5.74) is 8.27. The highest BCUT2D eigenvalue weighted by atomic mass is 32.1. The molecular weight excluding hydrogens is 214 g/mol. The molecule has 1 fully saturated rings. The molecule has 90 valence electrons. The summed E-state index contributed by atoms with van der Waals surface area (Å²) < 4.78 is 0. The van der Waals surface area contributed by atoms with E-state index in [2.05, 4.69) is 30.7 Å². The van der Waals surface area contributed by atoms with Gasteiger partial charge < -0.3 is 5.73 Å². The number of thiophene rings is 1. The molecule has 0 amide bonds. The van der Waals surface area contributed by atoms with Gasteiger partial charge in [0.15, 0.2) is 0 Å². The molecule has 2 rings (SSSR count). The van der Waals surface area contributed by atoms with E-state index in [9.17, 15) is 0 Å². The van der Waals surface area contributed by atoms with Gasteiger partial charge in [-0.3, -0.25) is 0 Å². The molecule has 1 aliphatic carbocycles. The van der Waals surface area contributed by atoms with Crippen molar-refractivity contribution in [1.82, 2.24) is 0 Å². The maximum absolute atomic E-state index is 6.53. The van der Waals surface area contributed by atoms with E-state index in [1.807, 2.05) is 0 Å². The monoisotopic (exact) mass is 237 g/mol. The van der Waals surface area contributed by atoms with Gasteiger partial charge in [-0.05, 0) is 53.0 Å². The second-order valence-electron chi connectivity index (χ2n) is 5.70. The van der Waals surface area contributed by atoms with Crippen LogP contribution in [-0.2, 0) is 0 Å². The molecule has 0 bridgehead atoms. The van der Waals surface area contributed by atoms with Crippen LogP contribution < -0.4 is 5.73 Å². The first kappa shape index (κ1) is 12.1. The van der Waals surface area contributed by atoms with Gasteiger partial charge >= 0.3 is 0 Å².